The van der Waals surface area contributed by atoms with Gasteiger partial charge in [0.15, 0.2) is 6.29 Å². The molecule has 0 bridgehead atoms. The average molecular weight is 289 g/mol. The van der Waals surface area contributed by atoms with Crippen molar-refractivity contribution in [1.29, 1.82) is 0 Å². The van der Waals surface area contributed by atoms with Gasteiger partial charge in [0.1, 0.15) is 18.3 Å². The lowest BCUT2D eigenvalue weighted by atomic mass is 9.97. The highest BCUT2D eigenvalue weighted by Gasteiger charge is 2.42. The highest BCUT2D eigenvalue weighted by Crippen LogP contribution is 2.19. The molecule has 1 amide bonds. The molecule has 1 unspecified atom stereocenters. The Bertz CT molecular complexity index is 356. The number of likely N-dealkylation sites (N-methyl/N-ethyl adjacent to an activating group) is 1. The average Bonchev–Trinajstić information content (AvgIpc) is 2.85. The molecule has 2 rings (SSSR count). The van der Waals surface area contributed by atoms with Gasteiger partial charge in [-0.25, -0.2) is 0 Å². The molecule has 2 aliphatic heterocycles. The maximum atomic E-state index is 12.0. The summed E-state index contributed by atoms with van der Waals surface area (Å²) in [6, 6.07) is -1.23. The van der Waals surface area contributed by atoms with Crippen LogP contribution in [0.3, 0.4) is 0 Å². The molecule has 0 saturated carbocycles. The maximum absolute atomic E-state index is 12.0. The minimum absolute atomic E-state index is 0.0190. The molecule has 8 heteroatoms. The predicted octanol–water partition coefficient (Wildman–Crippen LogP) is -3.04. The summed E-state index contributed by atoms with van der Waals surface area (Å²) in [4.78, 5) is 14.0. The molecule has 0 aromatic rings. The van der Waals surface area contributed by atoms with Crippen LogP contribution in [0.1, 0.15) is 12.8 Å². The predicted molar refractivity (Wildman–Crippen MR) is 69.5 cm³/mol. The molecule has 6 N–H and O–H groups in total. The smallest absolute Gasteiger partial charge is 0.237 e. The van der Waals surface area contributed by atoms with Crippen LogP contribution in [0.25, 0.3) is 0 Å². The zero-order valence-corrected chi connectivity index (χ0v) is 11.5. The second-order valence-electron chi connectivity index (χ2n) is 5.51. The summed E-state index contributed by atoms with van der Waals surface area (Å²) in [6.07, 6.45) is -2.99. The number of carbonyl (C=O) groups excluding carboxylic acids is 1. The van der Waals surface area contributed by atoms with Gasteiger partial charge >= 0.3 is 0 Å². The molecule has 2 heterocycles. The molecule has 6 atom stereocenters. The summed E-state index contributed by atoms with van der Waals surface area (Å²) in [5, 5.41) is 31.7. The van der Waals surface area contributed by atoms with E-state index in [1.807, 2.05) is 11.9 Å². The minimum atomic E-state index is -1.36. The number of nitrogens with two attached hydrogens (primary N) is 1. The number of hydrogen-bond acceptors (Lipinski definition) is 7. The molecule has 0 spiro atoms. The quantitative estimate of drug-likeness (QED) is 0.374. The molecule has 0 aromatic carbocycles. The standard InChI is InChI=1S/C12H23N3O5/c1-15-4-2-3-6(15)11(18)14-5-7-9(16)10(17)8(13)12(19)20-7/h6-10,12,16-17,19H,2-5,13H2,1H3,(H,14,18)/t6-,7+,8+,9+,10+,12?/m0/s1. The Kier molecular flexibility index (Phi) is 4.95. The second-order valence-corrected chi connectivity index (χ2v) is 5.51. The molecule has 0 aromatic heterocycles. The van der Waals surface area contributed by atoms with E-state index < -0.39 is 30.6 Å². The van der Waals surface area contributed by atoms with Gasteiger partial charge < -0.3 is 31.1 Å². The second kappa shape index (κ2) is 6.33. The number of nitrogens with one attached hydrogen (secondary N) is 1. The van der Waals surface area contributed by atoms with E-state index in [1.54, 1.807) is 0 Å². The van der Waals surface area contributed by atoms with E-state index in [0.717, 1.165) is 19.4 Å². The lowest BCUT2D eigenvalue weighted by Gasteiger charge is -2.39. The van der Waals surface area contributed by atoms with Gasteiger partial charge in [-0.15, -0.1) is 0 Å². The summed E-state index contributed by atoms with van der Waals surface area (Å²) in [5.41, 5.74) is 5.47. The van der Waals surface area contributed by atoms with Gasteiger partial charge in [-0.05, 0) is 26.4 Å². The third-order valence-electron chi connectivity index (χ3n) is 4.07. The number of carbonyl (C=O) groups is 1. The maximum Gasteiger partial charge on any atom is 0.237 e. The van der Waals surface area contributed by atoms with E-state index in [1.165, 1.54) is 0 Å². The molecule has 2 fully saturated rings. The van der Waals surface area contributed by atoms with Crippen LogP contribution in [0.2, 0.25) is 0 Å². The Balaban J connectivity index is 1.85. The molecule has 0 radical (unpaired) electrons. The molecule has 116 valence electrons. The van der Waals surface area contributed by atoms with Crippen LogP contribution in [0.15, 0.2) is 0 Å². The molecular weight excluding hydrogens is 266 g/mol. The first kappa shape index (κ1) is 15.6. The number of nitrogens with zero attached hydrogens (tertiary/aromatic N) is 1. The Morgan fingerprint density at radius 2 is 2.10 bits per heavy atom. The Morgan fingerprint density at radius 1 is 1.40 bits per heavy atom. The third-order valence-corrected chi connectivity index (χ3v) is 4.07. The van der Waals surface area contributed by atoms with Crippen LogP contribution in [0, 0.1) is 0 Å². The number of amides is 1. The van der Waals surface area contributed by atoms with Crippen LogP contribution >= 0.6 is 0 Å². The fourth-order valence-electron chi connectivity index (χ4n) is 2.70. The van der Waals surface area contributed by atoms with Crippen LogP contribution in [0.5, 0.6) is 0 Å². The Labute approximate surface area is 117 Å². The van der Waals surface area contributed by atoms with Gasteiger partial charge in [0.05, 0.1) is 12.1 Å². The first-order chi connectivity index (χ1) is 9.41. The fraction of sp³-hybridized carbons (Fsp3) is 0.917. The summed E-state index contributed by atoms with van der Waals surface area (Å²) >= 11 is 0. The van der Waals surface area contributed by atoms with Crippen molar-refractivity contribution in [3.63, 3.8) is 0 Å². The largest absolute Gasteiger partial charge is 0.388 e. The molecule has 8 nitrogen and oxygen atoms in total. The van der Waals surface area contributed by atoms with E-state index in [0.29, 0.717) is 0 Å². The summed E-state index contributed by atoms with van der Waals surface area (Å²) in [6.45, 7) is 0.901. The molecule has 2 aliphatic rings. The topological polar surface area (TPSA) is 128 Å². The zero-order valence-electron chi connectivity index (χ0n) is 11.5. The van der Waals surface area contributed by atoms with Crippen molar-refractivity contribution in [3.8, 4) is 0 Å². The number of aliphatic hydroxyl groups is 3. The number of hydrogen-bond donors (Lipinski definition) is 5. The lowest BCUT2D eigenvalue weighted by Crippen LogP contribution is -2.63. The van der Waals surface area contributed by atoms with Gasteiger partial charge in [-0.3, -0.25) is 9.69 Å². The highest BCUT2D eigenvalue weighted by molar-refractivity contribution is 5.82. The zero-order chi connectivity index (χ0) is 14.9. The van der Waals surface area contributed by atoms with Crippen molar-refractivity contribution < 1.29 is 24.9 Å². The highest BCUT2D eigenvalue weighted by atomic mass is 16.6. The van der Waals surface area contributed by atoms with Crippen LogP contribution in [-0.2, 0) is 9.53 Å². The first-order valence-corrected chi connectivity index (χ1v) is 6.85. The van der Waals surface area contributed by atoms with Gasteiger partial charge in [0.25, 0.3) is 0 Å². The molecule has 0 aliphatic carbocycles. The van der Waals surface area contributed by atoms with E-state index in [9.17, 15) is 20.1 Å². The van der Waals surface area contributed by atoms with Crippen LogP contribution < -0.4 is 11.1 Å². The number of rotatable bonds is 3. The van der Waals surface area contributed by atoms with E-state index in [-0.39, 0.29) is 18.5 Å². The summed E-state index contributed by atoms with van der Waals surface area (Å²) < 4.78 is 5.11. The van der Waals surface area contributed by atoms with Gasteiger partial charge in [-0.1, -0.05) is 0 Å². The lowest BCUT2D eigenvalue weighted by molar-refractivity contribution is -0.240. The number of aliphatic hydroxyl groups excluding tert-OH is 3. The van der Waals surface area contributed by atoms with Crippen LogP contribution in [-0.4, -0.2) is 82.9 Å². The normalized spacial score (nSPS) is 42.6. The Hall–Kier alpha value is -0.770. The minimum Gasteiger partial charge on any atom is -0.388 e. The van der Waals surface area contributed by atoms with Gasteiger partial charge in [0.2, 0.25) is 5.91 Å². The monoisotopic (exact) mass is 289 g/mol. The van der Waals surface area contributed by atoms with E-state index >= 15 is 0 Å². The van der Waals surface area contributed by atoms with Crippen molar-refractivity contribution in [2.45, 2.75) is 49.5 Å². The molecular formula is C12H23N3O5. The van der Waals surface area contributed by atoms with Crippen molar-refractivity contribution in [2.75, 3.05) is 20.1 Å². The molecule has 20 heavy (non-hydrogen) atoms. The molecule has 2 saturated heterocycles. The Morgan fingerprint density at radius 3 is 2.70 bits per heavy atom. The van der Waals surface area contributed by atoms with Gasteiger partial charge in [0, 0.05) is 6.54 Å². The SMILES string of the molecule is CN1CCC[C@H]1C(=O)NC[C@H]1OC(O)[C@H](N)[C@@H](O)[C@@H]1O. The van der Waals surface area contributed by atoms with Gasteiger partial charge in [-0.2, -0.15) is 0 Å². The van der Waals surface area contributed by atoms with Crippen molar-refractivity contribution in [3.05, 3.63) is 0 Å². The fourth-order valence-corrected chi connectivity index (χ4v) is 2.70. The van der Waals surface area contributed by atoms with Crippen LogP contribution in [0.4, 0.5) is 0 Å². The summed E-state index contributed by atoms with van der Waals surface area (Å²) in [5.74, 6) is -0.139. The van der Waals surface area contributed by atoms with Crippen molar-refractivity contribution >= 4 is 5.91 Å². The summed E-state index contributed by atoms with van der Waals surface area (Å²) in [7, 11) is 1.88. The third kappa shape index (κ3) is 3.11. The van der Waals surface area contributed by atoms with Crippen molar-refractivity contribution in [2.24, 2.45) is 5.73 Å². The van der Waals surface area contributed by atoms with Crippen molar-refractivity contribution in [1.82, 2.24) is 10.2 Å². The first-order valence-electron chi connectivity index (χ1n) is 6.85. The van der Waals surface area contributed by atoms with E-state index in [2.05, 4.69) is 5.32 Å². The van der Waals surface area contributed by atoms with E-state index in [4.69, 9.17) is 10.5 Å². The number of likely N-dealkylation sites (tertiary alicyclic amines) is 1. The number of ether oxygens (including phenoxy) is 1.